The molecule has 1 atom stereocenters. The third-order valence-corrected chi connectivity index (χ3v) is 4.20. The minimum atomic E-state index is -0.0294. The summed E-state index contributed by atoms with van der Waals surface area (Å²) in [6.07, 6.45) is 3.40. The first kappa shape index (κ1) is 12.3. The van der Waals surface area contributed by atoms with Crippen LogP contribution in [0.4, 0.5) is 0 Å². The van der Waals surface area contributed by atoms with Crippen LogP contribution in [0.25, 0.3) is 0 Å². The highest BCUT2D eigenvalue weighted by molar-refractivity contribution is 5.95. The van der Waals surface area contributed by atoms with Gasteiger partial charge in [0.05, 0.1) is 0 Å². The van der Waals surface area contributed by atoms with Crippen molar-refractivity contribution in [2.45, 2.75) is 39.2 Å². The minimum absolute atomic E-state index is 0.0294. The van der Waals surface area contributed by atoms with Crippen molar-refractivity contribution in [3.63, 3.8) is 0 Å². The summed E-state index contributed by atoms with van der Waals surface area (Å²) in [5.74, 6) is 1.33. The first-order valence-corrected chi connectivity index (χ1v) is 6.77. The van der Waals surface area contributed by atoms with Crippen LogP contribution in [0.5, 0.6) is 11.5 Å². The van der Waals surface area contributed by atoms with Gasteiger partial charge in [-0.15, -0.1) is 0 Å². The second-order valence-corrected chi connectivity index (χ2v) is 5.97. The first-order valence-electron chi connectivity index (χ1n) is 6.77. The Bertz CT molecular complexity index is 510. The Morgan fingerprint density at radius 3 is 2.84 bits per heavy atom. The highest BCUT2D eigenvalue weighted by atomic mass is 16.7. The molecule has 1 aliphatic carbocycles. The summed E-state index contributed by atoms with van der Waals surface area (Å²) in [5, 5.41) is 3.14. The number of benzene rings is 1. The lowest BCUT2D eigenvalue weighted by molar-refractivity contribution is 0.0909. The Labute approximate surface area is 113 Å². The van der Waals surface area contributed by atoms with Crippen LogP contribution in [0.15, 0.2) is 18.2 Å². The molecule has 1 N–H and O–H groups in total. The van der Waals surface area contributed by atoms with Crippen LogP contribution < -0.4 is 14.8 Å². The molecule has 0 saturated heterocycles. The monoisotopic (exact) mass is 261 g/mol. The molecule has 0 bridgehead atoms. The second-order valence-electron chi connectivity index (χ2n) is 5.97. The van der Waals surface area contributed by atoms with E-state index in [1.807, 2.05) is 0 Å². The van der Waals surface area contributed by atoms with Crippen LogP contribution >= 0.6 is 0 Å². The number of carbonyl (C=O) groups is 1. The first-order chi connectivity index (χ1) is 9.06. The summed E-state index contributed by atoms with van der Waals surface area (Å²) in [6, 6.07) is 5.58. The van der Waals surface area contributed by atoms with Crippen molar-refractivity contribution in [2.24, 2.45) is 5.41 Å². The zero-order chi connectivity index (χ0) is 13.5. The number of hydrogen-bond donors (Lipinski definition) is 1. The lowest BCUT2D eigenvalue weighted by Gasteiger charge is -2.27. The second kappa shape index (κ2) is 4.44. The number of ether oxygens (including phenoxy) is 2. The van der Waals surface area contributed by atoms with Gasteiger partial charge in [-0.3, -0.25) is 4.79 Å². The smallest absolute Gasteiger partial charge is 0.251 e. The van der Waals surface area contributed by atoms with E-state index < -0.39 is 0 Å². The van der Waals surface area contributed by atoms with Crippen molar-refractivity contribution in [1.82, 2.24) is 5.32 Å². The lowest BCUT2D eigenvalue weighted by atomic mass is 9.87. The summed E-state index contributed by atoms with van der Waals surface area (Å²) in [6.45, 7) is 4.66. The van der Waals surface area contributed by atoms with E-state index in [1.54, 1.807) is 18.2 Å². The number of rotatable bonds is 2. The molecule has 1 unspecified atom stereocenters. The van der Waals surface area contributed by atoms with Crippen LogP contribution in [-0.4, -0.2) is 18.7 Å². The maximum Gasteiger partial charge on any atom is 0.251 e. The van der Waals surface area contributed by atoms with Gasteiger partial charge in [-0.05, 0) is 36.5 Å². The van der Waals surface area contributed by atoms with Gasteiger partial charge in [-0.2, -0.15) is 0 Å². The third-order valence-electron chi connectivity index (χ3n) is 4.20. The molecule has 2 aliphatic rings. The van der Waals surface area contributed by atoms with E-state index in [9.17, 15) is 4.79 Å². The number of amides is 1. The summed E-state index contributed by atoms with van der Waals surface area (Å²) < 4.78 is 10.5. The van der Waals surface area contributed by atoms with Gasteiger partial charge in [0.2, 0.25) is 6.79 Å². The minimum Gasteiger partial charge on any atom is -0.454 e. The molecular formula is C15H19NO3. The Morgan fingerprint density at radius 2 is 2.11 bits per heavy atom. The fraction of sp³-hybridized carbons (Fsp3) is 0.533. The van der Waals surface area contributed by atoms with Crippen LogP contribution in [0.1, 0.15) is 43.5 Å². The Kier molecular flexibility index (Phi) is 2.88. The van der Waals surface area contributed by atoms with Gasteiger partial charge < -0.3 is 14.8 Å². The Hall–Kier alpha value is -1.71. The van der Waals surface area contributed by atoms with E-state index in [4.69, 9.17) is 9.47 Å². The molecular weight excluding hydrogens is 242 g/mol. The van der Waals surface area contributed by atoms with Gasteiger partial charge in [-0.1, -0.05) is 20.3 Å². The van der Waals surface area contributed by atoms with Gasteiger partial charge >= 0.3 is 0 Å². The van der Waals surface area contributed by atoms with Gasteiger partial charge in [0.1, 0.15) is 0 Å². The quantitative estimate of drug-likeness (QED) is 0.890. The molecule has 1 fully saturated rings. The van der Waals surface area contributed by atoms with Crippen molar-refractivity contribution < 1.29 is 14.3 Å². The van der Waals surface area contributed by atoms with Crippen LogP contribution in [0.3, 0.4) is 0 Å². The number of nitrogens with one attached hydrogen (secondary N) is 1. The SMILES string of the molecule is CC1(C)CCCC1NC(=O)c1ccc2c(c1)OCO2. The molecule has 3 rings (SSSR count). The van der Waals surface area contributed by atoms with Crippen molar-refractivity contribution in [2.75, 3.05) is 6.79 Å². The highest BCUT2D eigenvalue weighted by Crippen LogP contribution is 2.37. The zero-order valence-electron chi connectivity index (χ0n) is 11.4. The van der Waals surface area contributed by atoms with Gasteiger partial charge in [-0.25, -0.2) is 0 Å². The number of fused-ring (bicyclic) bond motifs is 1. The topological polar surface area (TPSA) is 47.6 Å². The van der Waals surface area contributed by atoms with Crippen LogP contribution in [-0.2, 0) is 0 Å². The van der Waals surface area contributed by atoms with E-state index in [-0.39, 0.29) is 24.2 Å². The Balaban J connectivity index is 1.74. The highest BCUT2D eigenvalue weighted by Gasteiger charge is 2.35. The molecule has 1 saturated carbocycles. The molecule has 1 aliphatic heterocycles. The molecule has 1 heterocycles. The molecule has 1 aromatic carbocycles. The molecule has 19 heavy (non-hydrogen) atoms. The van der Waals surface area contributed by atoms with E-state index in [1.165, 1.54) is 12.8 Å². The molecule has 0 radical (unpaired) electrons. The van der Waals surface area contributed by atoms with E-state index >= 15 is 0 Å². The van der Waals surface area contributed by atoms with Crippen LogP contribution in [0.2, 0.25) is 0 Å². The van der Waals surface area contributed by atoms with Crippen molar-refractivity contribution >= 4 is 5.91 Å². The Morgan fingerprint density at radius 1 is 1.32 bits per heavy atom. The van der Waals surface area contributed by atoms with Gasteiger partial charge in [0, 0.05) is 11.6 Å². The summed E-state index contributed by atoms with van der Waals surface area (Å²) in [4.78, 5) is 12.3. The van der Waals surface area contributed by atoms with Crippen molar-refractivity contribution in [3.05, 3.63) is 23.8 Å². The summed E-state index contributed by atoms with van der Waals surface area (Å²) in [7, 11) is 0. The summed E-state index contributed by atoms with van der Waals surface area (Å²) in [5.41, 5.74) is 0.818. The largest absolute Gasteiger partial charge is 0.454 e. The number of hydrogen-bond acceptors (Lipinski definition) is 3. The fourth-order valence-corrected chi connectivity index (χ4v) is 2.87. The molecule has 0 spiro atoms. The predicted octanol–water partition coefficient (Wildman–Crippen LogP) is 2.72. The molecule has 4 heteroatoms. The van der Waals surface area contributed by atoms with Gasteiger partial charge in [0.15, 0.2) is 11.5 Å². The van der Waals surface area contributed by atoms with E-state index in [2.05, 4.69) is 19.2 Å². The molecule has 1 aromatic rings. The molecule has 4 nitrogen and oxygen atoms in total. The summed E-state index contributed by atoms with van der Waals surface area (Å²) >= 11 is 0. The standard InChI is InChI=1S/C15H19NO3/c1-15(2)7-3-4-13(15)16-14(17)10-5-6-11-12(8-10)19-9-18-11/h5-6,8,13H,3-4,7,9H2,1-2H3,(H,16,17). The number of carbonyl (C=O) groups excluding carboxylic acids is 1. The van der Waals surface area contributed by atoms with Crippen molar-refractivity contribution in [3.8, 4) is 11.5 Å². The average molecular weight is 261 g/mol. The average Bonchev–Trinajstić information content (AvgIpc) is 2.95. The maximum absolute atomic E-state index is 12.3. The predicted molar refractivity (Wildman–Crippen MR) is 71.5 cm³/mol. The van der Waals surface area contributed by atoms with Gasteiger partial charge in [0.25, 0.3) is 5.91 Å². The van der Waals surface area contributed by atoms with E-state index in [0.29, 0.717) is 17.1 Å². The van der Waals surface area contributed by atoms with E-state index in [0.717, 1.165) is 6.42 Å². The zero-order valence-corrected chi connectivity index (χ0v) is 11.4. The molecule has 1 amide bonds. The molecule has 0 aromatic heterocycles. The normalized spacial score (nSPS) is 23.4. The third kappa shape index (κ3) is 2.27. The maximum atomic E-state index is 12.3. The van der Waals surface area contributed by atoms with Crippen LogP contribution in [0, 0.1) is 5.41 Å². The molecule has 102 valence electrons. The fourth-order valence-electron chi connectivity index (χ4n) is 2.87. The lowest BCUT2D eigenvalue weighted by Crippen LogP contribution is -2.41. The van der Waals surface area contributed by atoms with Crippen molar-refractivity contribution in [1.29, 1.82) is 0 Å².